The van der Waals surface area contributed by atoms with E-state index in [0.29, 0.717) is 0 Å². The zero-order chi connectivity index (χ0) is 17.0. The van der Waals surface area contributed by atoms with Crippen molar-refractivity contribution >= 4 is 21.4 Å². The van der Waals surface area contributed by atoms with E-state index in [0.717, 1.165) is 27.8 Å². The summed E-state index contributed by atoms with van der Waals surface area (Å²) in [5, 5.41) is 4.05. The van der Waals surface area contributed by atoms with E-state index < -0.39 is 10.0 Å². The summed E-state index contributed by atoms with van der Waals surface area (Å²) in [5.41, 5.74) is 4.76. The Balaban J connectivity index is 1.67. The Hall–Kier alpha value is -2.02. The molecule has 0 radical (unpaired) electrons. The number of aromatic nitrogens is 1. The maximum atomic E-state index is 12.3. The number of sulfonamides is 1. The fourth-order valence-corrected chi connectivity index (χ4v) is 4.21. The average Bonchev–Trinajstić information content (AvgIpc) is 3.07. The summed E-state index contributed by atoms with van der Waals surface area (Å²) in [7, 11) is -3.39. The smallest absolute Gasteiger partial charge is 0.216 e. The van der Waals surface area contributed by atoms with Gasteiger partial charge in [0.05, 0.1) is 5.75 Å². The Labute approximate surface area is 146 Å². The fourth-order valence-electron chi connectivity index (χ4n) is 2.44. The number of pyridine rings is 1. The number of aryl methyl sites for hydroxylation is 1. The molecule has 0 atom stereocenters. The number of nitrogens with zero attached hydrogens (tertiary/aromatic N) is 1. The Morgan fingerprint density at radius 1 is 1.08 bits per heavy atom. The van der Waals surface area contributed by atoms with Gasteiger partial charge in [0, 0.05) is 24.5 Å². The summed E-state index contributed by atoms with van der Waals surface area (Å²) in [5.74, 6) is -0.0215. The minimum absolute atomic E-state index is 0.0215. The summed E-state index contributed by atoms with van der Waals surface area (Å²) in [6.45, 7) is 2.18. The number of hydrogen-bond acceptors (Lipinski definition) is 4. The Morgan fingerprint density at radius 3 is 2.71 bits per heavy atom. The lowest BCUT2D eigenvalue weighted by Crippen LogP contribution is -2.24. The molecule has 0 aliphatic rings. The van der Waals surface area contributed by atoms with E-state index in [1.807, 2.05) is 54.1 Å². The molecule has 0 amide bonds. The monoisotopic (exact) mass is 358 g/mol. The van der Waals surface area contributed by atoms with Gasteiger partial charge in [0.25, 0.3) is 0 Å². The SMILES string of the molecule is Cc1cccc(CS(=O)(=O)NCc2cncc(-c3ccsc3)c2)c1. The third-order valence-electron chi connectivity index (χ3n) is 3.58. The van der Waals surface area contributed by atoms with Crippen LogP contribution in [-0.2, 0) is 22.3 Å². The molecule has 3 aromatic rings. The maximum absolute atomic E-state index is 12.3. The Bertz CT molecular complexity index is 920. The van der Waals surface area contributed by atoms with Crippen molar-refractivity contribution in [3.63, 3.8) is 0 Å². The maximum Gasteiger partial charge on any atom is 0.216 e. The van der Waals surface area contributed by atoms with Crippen molar-refractivity contribution in [3.05, 3.63) is 76.2 Å². The van der Waals surface area contributed by atoms with Crippen molar-refractivity contribution < 1.29 is 8.42 Å². The molecule has 0 bridgehead atoms. The largest absolute Gasteiger partial charge is 0.264 e. The summed E-state index contributed by atoms with van der Waals surface area (Å²) in [4.78, 5) is 4.21. The highest BCUT2D eigenvalue weighted by Gasteiger charge is 2.12. The van der Waals surface area contributed by atoms with Gasteiger partial charge >= 0.3 is 0 Å². The summed E-state index contributed by atoms with van der Waals surface area (Å²) in [6.07, 6.45) is 3.47. The zero-order valence-corrected chi connectivity index (χ0v) is 14.9. The molecular weight excluding hydrogens is 340 g/mol. The third-order valence-corrected chi connectivity index (χ3v) is 5.57. The highest BCUT2D eigenvalue weighted by atomic mass is 32.2. The average molecular weight is 358 g/mol. The fraction of sp³-hybridized carbons (Fsp3) is 0.167. The van der Waals surface area contributed by atoms with Crippen LogP contribution in [0.1, 0.15) is 16.7 Å². The van der Waals surface area contributed by atoms with Gasteiger partial charge in [0.1, 0.15) is 0 Å². The van der Waals surface area contributed by atoms with Crippen LogP contribution in [0.15, 0.2) is 59.6 Å². The number of thiophene rings is 1. The highest BCUT2D eigenvalue weighted by molar-refractivity contribution is 7.88. The van der Waals surface area contributed by atoms with Crippen LogP contribution in [0.2, 0.25) is 0 Å². The summed E-state index contributed by atoms with van der Waals surface area (Å²) >= 11 is 1.62. The van der Waals surface area contributed by atoms with Gasteiger partial charge in [-0.3, -0.25) is 4.98 Å². The predicted molar refractivity (Wildman–Crippen MR) is 98.2 cm³/mol. The molecule has 1 N–H and O–H groups in total. The van der Waals surface area contributed by atoms with E-state index in [2.05, 4.69) is 9.71 Å². The molecule has 3 rings (SSSR count). The quantitative estimate of drug-likeness (QED) is 0.730. The zero-order valence-electron chi connectivity index (χ0n) is 13.3. The van der Waals surface area contributed by atoms with Crippen LogP contribution in [0.4, 0.5) is 0 Å². The van der Waals surface area contributed by atoms with Crippen LogP contribution < -0.4 is 4.72 Å². The molecule has 6 heteroatoms. The Kier molecular flexibility index (Phi) is 5.08. The summed E-state index contributed by atoms with van der Waals surface area (Å²) in [6, 6.07) is 11.5. The number of rotatable bonds is 6. The number of benzene rings is 1. The molecule has 0 saturated heterocycles. The first-order valence-corrected chi connectivity index (χ1v) is 10.1. The van der Waals surface area contributed by atoms with Crippen LogP contribution in [0.5, 0.6) is 0 Å². The molecule has 2 aromatic heterocycles. The van der Waals surface area contributed by atoms with Gasteiger partial charge < -0.3 is 0 Å². The van der Waals surface area contributed by atoms with Gasteiger partial charge in [0.2, 0.25) is 10.0 Å². The molecule has 0 spiro atoms. The first kappa shape index (κ1) is 16.8. The number of nitrogens with one attached hydrogen (secondary N) is 1. The molecule has 0 fully saturated rings. The van der Waals surface area contributed by atoms with Gasteiger partial charge in [-0.25, -0.2) is 13.1 Å². The molecule has 0 saturated carbocycles. The van der Waals surface area contributed by atoms with Gasteiger partial charge in [-0.1, -0.05) is 29.8 Å². The first-order valence-electron chi connectivity index (χ1n) is 7.51. The lowest BCUT2D eigenvalue weighted by molar-refractivity contribution is 0.580. The normalized spacial score (nSPS) is 11.5. The van der Waals surface area contributed by atoms with Gasteiger partial charge in [-0.05, 0) is 46.5 Å². The van der Waals surface area contributed by atoms with E-state index in [-0.39, 0.29) is 12.3 Å². The second-order valence-corrected chi connectivity index (χ2v) is 8.25. The second kappa shape index (κ2) is 7.25. The van der Waals surface area contributed by atoms with Crippen LogP contribution in [0, 0.1) is 6.92 Å². The minimum Gasteiger partial charge on any atom is -0.264 e. The lowest BCUT2D eigenvalue weighted by Gasteiger charge is -2.08. The molecule has 0 aliphatic carbocycles. The van der Waals surface area contributed by atoms with Crippen LogP contribution in [0.3, 0.4) is 0 Å². The third kappa shape index (κ3) is 4.50. The van der Waals surface area contributed by atoms with Gasteiger partial charge in [-0.2, -0.15) is 11.3 Å². The molecule has 2 heterocycles. The molecule has 124 valence electrons. The van der Waals surface area contributed by atoms with Crippen LogP contribution >= 0.6 is 11.3 Å². The van der Waals surface area contributed by atoms with E-state index >= 15 is 0 Å². The van der Waals surface area contributed by atoms with Gasteiger partial charge in [0.15, 0.2) is 0 Å². The number of hydrogen-bond donors (Lipinski definition) is 1. The molecule has 4 nitrogen and oxygen atoms in total. The van der Waals surface area contributed by atoms with E-state index in [4.69, 9.17) is 0 Å². The first-order chi connectivity index (χ1) is 11.5. The highest BCUT2D eigenvalue weighted by Crippen LogP contribution is 2.22. The Morgan fingerprint density at radius 2 is 1.96 bits per heavy atom. The van der Waals surface area contributed by atoms with E-state index in [9.17, 15) is 8.42 Å². The molecular formula is C18H18N2O2S2. The van der Waals surface area contributed by atoms with Crippen molar-refractivity contribution in [2.75, 3.05) is 0 Å². The minimum atomic E-state index is -3.39. The van der Waals surface area contributed by atoms with E-state index in [1.165, 1.54) is 0 Å². The molecule has 1 aromatic carbocycles. The van der Waals surface area contributed by atoms with Crippen molar-refractivity contribution in [2.45, 2.75) is 19.2 Å². The van der Waals surface area contributed by atoms with Crippen LogP contribution in [0.25, 0.3) is 11.1 Å². The topological polar surface area (TPSA) is 59.1 Å². The second-order valence-electron chi connectivity index (χ2n) is 5.66. The molecule has 0 unspecified atom stereocenters. The van der Waals surface area contributed by atoms with Crippen molar-refractivity contribution in [1.82, 2.24) is 9.71 Å². The van der Waals surface area contributed by atoms with E-state index in [1.54, 1.807) is 23.7 Å². The lowest BCUT2D eigenvalue weighted by atomic mass is 10.1. The van der Waals surface area contributed by atoms with Crippen LogP contribution in [-0.4, -0.2) is 13.4 Å². The van der Waals surface area contributed by atoms with Crippen molar-refractivity contribution in [1.29, 1.82) is 0 Å². The van der Waals surface area contributed by atoms with Crippen molar-refractivity contribution in [2.24, 2.45) is 0 Å². The summed E-state index contributed by atoms with van der Waals surface area (Å²) < 4.78 is 27.2. The standard InChI is InChI=1S/C18H18N2O2S2/c1-14-3-2-4-15(7-14)13-24(21,22)20-10-16-8-18(11-19-9-16)17-5-6-23-12-17/h2-9,11-12,20H,10,13H2,1H3. The van der Waals surface area contributed by atoms with Gasteiger partial charge in [-0.15, -0.1) is 0 Å². The molecule has 0 aliphatic heterocycles. The van der Waals surface area contributed by atoms with Crippen molar-refractivity contribution in [3.8, 4) is 11.1 Å². The molecule has 24 heavy (non-hydrogen) atoms. The predicted octanol–water partition coefficient (Wildman–Crippen LogP) is 3.74.